The molecule has 2 aromatic carbocycles. The van der Waals surface area contributed by atoms with E-state index < -0.39 is 10.0 Å². The van der Waals surface area contributed by atoms with E-state index in [1.165, 1.54) is 16.1 Å². The van der Waals surface area contributed by atoms with Crippen molar-refractivity contribution in [2.45, 2.75) is 30.2 Å². The smallest absolute Gasteiger partial charge is 0.268 e. The van der Waals surface area contributed by atoms with Gasteiger partial charge in [-0.1, -0.05) is 17.7 Å². The number of hydrogen-bond acceptors (Lipinski definition) is 3. The molecule has 1 aliphatic rings. The summed E-state index contributed by atoms with van der Waals surface area (Å²) in [6, 6.07) is 11.4. The van der Waals surface area contributed by atoms with Crippen molar-refractivity contribution in [2.24, 2.45) is 0 Å². The fourth-order valence-corrected chi connectivity index (χ4v) is 4.98. The van der Waals surface area contributed by atoms with Crippen LogP contribution in [0.25, 0.3) is 10.9 Å². The van der Waals surface area contributed by atoms with Crippen molar-refractivity contribution in [3.05, 3.63) is 65.6 Å². The number of nitrogens with zero attached hydrogens (tertiary/aromatic N) is 2. The zero-order chi connectivity index (χ0) is 18.6. The van der Waals surface area contributed by atoms with Gasteiger partial charge in [0.1, 0.15) is 5.82 Å². The summed E-state index contributed by atoms with van der Waals surface area (Å²) >= 11 is 0. The second kappa shape index (κ2) is 5.93. The van der Waals surface area contributed by atoms with Crippen molar-refractivity contribution in [1.29, 1.82) is 0 Å². The highest BCUT2D eigenvalue weighted by Crippen LogP contribution is 2.47. The zero-order valence-corrected chi connectivity index (χ0v) is 15.8. The van der Waals surface area contributed by atoms with Gasteiger partial charge in [0.25, 0.3) is 10.0 Å². The summed E-state index contributed by atoms with van der Waals surface area (Å²) in [7, 11) is 0.278. The Balaban J connectivity index is 1.89. The fourth-order valence-electron chi connectivity index (χ4n) is 3.60. The highest BCUT2D eigenvalue weighted by atomic mass is 32.2. The van der Waals surface area contributed by atoms with Gasteiger partial charge in [0, 0.05) is 23.5 Å². The second-order valence-electron chi connectivity index (χ2n) is 7.23. The molecule has 4 rings (SSSR count). The van der Waals surface area contributed by atoms with Crippen LogP contribution in [0, 0.1) is 12.7 Å². The van der Waals surface area contributed by atoms with Gasteiger partial charge in [-0.2, -0.15) is 0 Å². The summed E-state index contributed by atoms with van der Waals surface area (Å²) in [5, 5.41) is 0.676. The number of fused-ring (bicyclic) bond motifs is 1. The van der Waals surface area contributed by atoms with Gasteiger partial charge in [-0.25, -0.2) is 16.8 Å². The van der Waals surface area contributed by atoms with Crippen molar-refractivity contribution < 1.29 is 12.8 Å². The first kappa shape index (κ1) is 17.2. The minimum absolute atomic E-state index is 0.226. The second-order valence-corrected chi connectivity index (χ2v) is 9.05. The molecule has 0 bridgehead atoms. The Morgan fingerprint density at radius 1 is 1.12 bits per heavy atom. The van der Waals surface area contributed by atoms with Crippen LogP contribution < -0.4 is 0 Å². The molecule has 0 spiro atoms. The highest BCUT2D eigenvalue weighted by molar-refractivity contribution is 7.90. The Morgan fingerprint density at radius 2 is 1.81 bits per heavy atom. The average Bonchev–Trinajstić information content (AvgIpc) is 3.30. The molecule has 136 valence electrons. The summed E-state index contributed by atoms with van der Waals surface area (Å²) in [6.07, 6.45) is 2.63. The van der Waals surface area contributed by atoms with Crippen LogP contribution in [0.5, 0.6) is 0 Å². The summed E-state index contributed by atoms with van der Waals surface area (Å²) in [4.78, 5) is 2.36. The molecule has 1 aromatic heterocycles. The first-order valence-electron chi connectivity index (χ1n) is 8.58. The third-order valence-corrected chi connectivity index (χ3v) is 6.85. The normalized spacial score (nSPS) is 20.0. The molecule has 0 N–H and O–H groups in total. The third kappa shape index (κ3) is 2.73. The van der Waals surface area contributed by atoms with Crippen molar-refractivity contribution in [3.8, 4) is 0 Å². The number of aromatic nitrogens is 1. The molecule has 3 aromatic rings. The van der Waals surface area contributed by atoms with Crippen LogP contribution in [0.3, 0.4) is 0 Å². The number of aryl methyl sites for hydroxylation is 1. The van der Waals surface area contributed by atoms with Gasteiger partial charge in [0.2, 0.25) is 0 Å². The van der Waals surface area contributed by atoms with E-state index in [-0.39, 0.29) is 16.6 Å². The van der Waals surface area contributed by atoms with Crippen LogP contribution in [0.4, 0.5) is 4.39 Å². The molecule has 0 saturated heterocycles. The number of halogens is 1. The van der Waals surface area contributed by atoms with Crippen LogP contribution in [-0.4, -0.2) is 37.4 Å². The maximum atomic E-state index is 13.9. The van der Waals surface area contributed by atoms with Gasteiger partial charge in [0.15, 0.2) is 0 Å². The van der Waals surface area contributed by atoms with E-state index in [1.807, 2.05) is 21.0 Å². The molecule has 4 nitrogen and oxygen atoms in total. The summed E-state index contributed by atoms with van der Waals surface area (Å²) in [5.41, 5.74) is 2.41. The first-order chi connectivity index (χ1) is 12.3. The molecular formula is C20H21FN2O2S. The standard InChI is InChI=1S/C20H21FN2O2S/c1-13-4-7-15(8-5-13)26(24,25)23-12-18(17-11-20(17)22(2)3)16-10-14(21)6-9-19(16)23/h4-10,12,17,20H,11H2,1-3H3/t17-,20-/m0/s1. The maximum Gasteiger partial charge on any atom is 0.268 e. The molecule has 6 heteroatoms. The lowest BCUT2D eigenvalue weighted by molar-refractivity contribution is 0.391. The Hall–Kier alpha value is -2.18. The first-order valence-corrected chi connectivity index (χ1v) is 10.0. The zero-order valence-electron chi connectivity index (χ0n) is 15.0. The molecule has 0 amide bonds. The Kier molecular flexibility index (Phi) is 3.93. The van der Waals surface area contributed by atoms with Crippen LogP contribution in [0.15, 0.2) is 53.6 Å². The molecule has 0 radical (unpaired) electrons. The van der Waals surface area contributed by atoms with Crippen LogP contribution in [-0.2, 0) is 10.0 Å². The molecule has 1 saturated carbocycles. The van der Waals surface area contributed by atoms with Crippen LogP contribution >= 0.6 is 0 Å². The van der Waals surface area contributed by atoms with Crippen molar-refractivity contribution in [3.63, 3.8) is 0 Å². The minimum Gasteiger partial charge on any atom is -0.306 e. The Morgan fingerprint density at radius 3 is 2.42 bits per heavy atom. The van der Waals surface area contributed by atoms with Gasteiger partial charge in [-0.15, -0.1) is 0 Å². The number of benzene rings is 2. The third-order valence-electron chi connectivity index (χ3n) is 5.16. The van der Waals surface area contributed by atoms with Gasteiger partial charge in [-0.05, 0) is 63.3 Å². The van der Waals surface area contributed by atoms with E-state index in [0.29, 0.717) is 16.9 Å². The molecule has 0 unspecified atom stereocenters. The van der Waals surface area contributed by atoms with E-state index in [9.17, 15) is 12.8 Å². The minimum atomic E-state index is -3.74. The van der Waals surface area contributed by atoms with E-state index in [0.717, 1.165) is 17.5 Å². The quantitative estimate of drug-likeness (QED) is 0.701. The lowest BCUT2D eigenvalue weighted by atomic mass is 10.1. The average molecular weight is 372 g/mol. The van der Waals surface area contributed by atoms with Crippen LogP contribution in [0.2, 0.25) is 0 Å². The molecule has 1 heterocycles. The fraction of sp³-hybridized carbons (Fsp3) is 0.300. The molecule has 26 heavy (non-hydrogen) atoms. The molecule has 0 aliphatic heterocycles. The number of likely N-dealkylation sites (N-methyl/N-ethyl adjacent to an activating group) is 1. The summed E-state index contributed by atoms with van der Waals surface area (Å²) in [5.74, 6) is -0.130. The van der Waals surface area contributed by atoms with E-state index in [1.54, 1.807) is 36.5 Å². The maximum absolute atomic E-state index is 13.9. The Labute approximate surface area is 152 Å². The summed E-state index contributed by atoms with van der Waals surface area (Å²) < 4.78 is 41.5. The van der Waals surface area contributed by atoms with Crippen LogP contribution in [0.1, 0.15) is 23.5 Å². The topological polar surface area (TPSA) is 42.3 Å². The summed E-state index contributed by atoms with van der Waals surface area (Å²) in [6.45, 7) is 1.91. The number of rotatable bonds is 4. The van der Waals surface area contributed by atoms with Gasteiger partial charge in [0.05, 0.1) is 10.4 Å². The van der Waals surface area contributed by atoms with Crippen molar-refractivity contribution in [1.82, 2.24) is 8.87 Å². The molecule has 1 fully saturated rings. The van der Waals surface area contributed by atoms with Crippen molar-refractivity contribution >= 4 is 20.9 Å². The highest BCUT2D eigenvalue weighted by Gasteiger charge is 2.42. The van der Waals surface area contributed by atoms with E-state index in [4.69, 9.17) is 0 Å². The van der Waals surface area contributed by atoms with Gasteiger partial charge >= 0.3 is 0 Å². The van der Waals surface area contributed by atoms with Crippen molar-refractivity contribution in [2.75, 3.05) is 14.1 Å². The molecular weight excluding hydrogens is 351 g/mol. The van der Waals surface area contributed by atoms with Gasteiger partial charge < -0.3 is 4.90 Å². The molecule has 2 atom stereocenters. The Bertz CT molecular complexity index is 1080. The van der Waals surface area contributed by atoms with E-state index in [2.05, 4.69) is 4.90 Å². The SMILES string of the molecule is Cc1ccc(S(=O)(=O)n2cc([C@@H]3C[C@@H]3N(C)C)c3cc(F)ccc32)cc1. The van der Waals surface area contributed by atoms with Gasteiger partial charge in [-0.3, -0.25) is 0 Å². The monoisotopic (exact) mass is 372 g/mol. The van der Waals surface area contributed by atoms with E-state index >= 15 is 0 Å². The predicted molar refractivity (Wildman–Crippen MR) is 100 cm³/mol. The predicted octanol–water partition coefficient (Wildman–Crippen LogP) is 3.74. The lowest BCUT2D eigenvalue weighted by Gasteiger charge is -2.08. The number of hydrogen-bond donors (Lipinski definition) is 0. The lowest BCUT2D eigenvalue weighted by Crippen LogP contribution is -2.15. The largest absolute Gasteiger partial charge is 0.306 e. The molecule has 1 aliphatic carbocycles.